The van der Waals surface area contributed by atoms with E-state index in [-0.39, 0.29) is 23.7 Å². The smallest absolute Gasteiger partial charge is 0.307 e. The number of hydrogen-bond donors (Lipinski definition) is 3. The molecule has 0 radical (unpaired) electrons. The molecule has 2 aromatic rings. The zero-order valence-corrected chi connectivity index (χ0v) is 18.4. The van der Waals surface area contributed by atoms with Gasteiger partial charge in [-0.1, -0.05) is 37.3 Å². The number of aliphatic carboxylic acids is 1. The maximum absolute atomic E-state index is 13.3. The van der Waals surface area contributed by atoms with Crippen LogP contribution < -0.4 is 10.6 Å². The maximum Gasteiger partial charge on any atom is 0.307 e. The van der Waals surface area contributed by atoms with E-state index < -0.39 is 17.8 Å². The number of amides is 2. The quantitative estimate of drug-likeness (QED) is 0.569. The molecule has 2 bridgehead atoms. The number of benzene rings is 1. The van der Waals surface area contributed by atoms with Crippen molar-refractivity contribution in [3.8, 4) is 0 Å². The lowest BCUT2D eigenvalue weighted by Crippen LogP contribution is -2.47. The molecule has 0 spiro atoms. The van der Waals surface area contributed by atoms with Crippen molar-refractivity contribution in [1.82, 2.24) is 0 Å². The molecule has 1 aromatic heterocycles. The van der Waals surface area contributed by atoms with E-state index in [2.05, 4.69) is 10.6 Å². The molecule has 7 heteroatoms. The highest BCUT2D eigenvalue weighted by Gasteiger charge is 2.48. The van der Waals surface area contributed by atoms with Crippen LogP contribution in [-0.2, 0) is 16.0 Å². The third-order valence-electron chi connectivity index (χ3n) is 6.39. The summed E-state index contributed by atoms with van der Waals surface area (Å²) >= 11 is 1.37. The standard InChI is InChI=1S/C24H26N2O4S/c1-3-17-13(2)31-23(20(17)22(28)25-16-7-5-4-6-8-16)26-21(27)18-14-9-11-15(12-10-14)19(18)24(29)30/h4-9,11,14-15,18-19H,3,10,12H2,1-2H3,(H,25,28)(H,26,27)(H,29,30)/t14-,15+,18-,19+/m1/s1. The molecule has 1 fully saturated rings. The van der Waals surface area contributed by atoms with Crippen LogP contribution in [0.25, 0.3) is 0 Å². The summed E-state index contributed by atoms with van der Waals surface area (Å²) in [7, 11) is 0. The summed E-state index contributed by atoms with van der Waals surface area (Å²) in [5.74, 6) is -3.07. The highest BCUT2D eigenvalue weighted by atomic mass is 32.1. The second-order valence-electron chi connectivity index (χ2n) is 8.18. The first kappa shape index (κ1) is 21.3. The van der Waals surface area contributed by atoms with E-state index in [1.165, 1.54) is 11.3 Å². The number of para-hydroxylation sites is 1. The van der Waals surface area contributed by atoms with Crippen LogP contribution in [0.3, 0.4) is 0 Å². The predicted molar refractivity (Wildman–Crippen MR) is 121 cm³/mol. The van der Waals surface area contributed by atoms with Gasteiger partial charge in [-0.05, 0) is 55.7 Å². The molecule has 162 valence electrons. The average Bonchev–Trinajstić information content (AvgIpc) is 3.09. The van der Waals surface area contributed by atoms with E-state index in [0.29, 0.717) is 22.7 Å². The number of aryl methyl sites for hydroxylation is 1. The van der Waals surface area contributed by atoms with Crippen molar-refractivity contribution in [1.29, 1.82) is 0 Å². The molecule has 1 aromatic carbocycles. The number of rotatable bonds is 6. The lowest BCUT2D eigenvalue weighted by atomic mass is 9.62. The Labute approximate surface area is 185 Å². The second kappa shape index (κ2) is 8.67. The van der Waals surface area contributed by atoms with Gasteiger partial charge in [-0.2, -0.15) is 0 Å². The molecule has 0 saturated heterocycles. The highest BCUT2D eigenvalue weighted by Crippen LogP contribution is 2.46. The van der Waals surface area contributed by atoms with Gasteiger partial charge in [0.1, 0.15) is 5.00 Å². The number of thiophene rings is 1. The first-order chi connectivity index (χ1) is 14.9. The Hall–Kier alpha value is -2.93. The monoisotopic (exact) mass is 438 g/mol. The fraction of sp³-hybridized carbons (Fsp3) is 0.375. The Bertz CT molecular complexity index is 1040. The van der Waals surface area contributed by atoms with Gasteiger partial charge in [-0.15, -0.1) is 11.3 Å². The van der Waals surface area contributed by atoms with Gasteiger partial charge in [-0.25, -0.2) is 0 Å². The van der Waals surface area contributed by atoms with Crippen molar-refractivity contribution in [3.05, 3.63) is 58.5 Å². The van der Waals surface area contributed by atoms with E-state index in [9.17, 15) is 19.5 Å². The van der Waals surface area contributed by atoms with E-state index in [1.807, 2.05) is 56.3 Å². The Balaban J connectivity index is 1.62. The Morgan fingerprint density at radius 2 is 1.68 bits per heavy atom. The minimum atomic E-state index is -0.933. The van der Waals surface area contributed by atoms with Crippen LogP contribution in [0.2, 0.25) is 0 Å². The molecule has 3 aliphatic rings. The number of anilines is 2. The first-order valence-electron chi connectivity index (χ1n) is 10.6. The van der Waals surface area contributed by atoms with Crippen LogP contribution in [0.15, 0.2) is 42.5 Å². The number of carbonyl (C=O) groups is 3. The lowest BCUT2D eigenvalue weighted by molar-refractivity contribution is -0.151. The molecule has 1 heterocycles. The largest absolute Gasteiger partial charge is 0.481 e. The zero-order valence-electron chi connectivity index (χ0n) is 17.6. The molecule has 6 nitrogen and oxygen atoms in total. The summed E-state index contributed by atoms with van der Waals surface area (Å²) < 4.78 is 0. The average molecular weight is 439 g/mol. The van der Waals surface area contributed by atoms with Crippen molar-refractivity contribution in [2.75, 3.05) is 10.6 Å². The predicted octanol–water partition coefficient (Wildman–Crippen LogP) is 4.72. The van der Waals surface area contributed by atoms with Crippen LogP contribution in [0.5, 0.6) is 0 Å². The van der Waals surface area contributed by atoms with E-state index in [0.717, 1.165) is 23.3 Å². The Morgan fingerprint density at radius 1 is 1.03 bits per heavy atom. The highest BCUT2D eigenvalue weighted by molar-refractivity contribution is 7.16. The summed E-state index contributed by atoms with van der Waals surface area (Å²) in [6, 6.07) is 9.18. The molecule has 4 atom stereocenters. The minimum Gasteiger partial charge on any atom is -0.481 e. The van der Waals surface area contributed by atoms with Crippen molar-refractivity contribution < 1.29 is 19.5 Å². The van der Waals surface area contributed by atoms with Gasteiger partial charge in [0.25, 0.3) is 5.91 Å². The van der Waals surface area contributed by atoms with Crippen LogP contribution in [0, 0.1) is 30.6 Å². The summed E-state index contributed by atoms with van der Waals surface area (Å²) in [6.07, 6.45) is 6.20. The molecule has 3 aliphatic carbocycles. The number of carbonyl (C=O) groups excluding carboxylic acids is 2. The second-order valence-corrected chi connectivity index (χ2v) is 9.41. The van der Waals surface area contributed by atoms with Gasteiger partial charge in [-0.3, -0.25) is 14.4 Å². The number of carboxylic acids is 1. The molecular weight excluding hydrogens is 412 g/mol. The number of allylic oxidation sites excluding steroid dienone is 2. The lowest BCUT2D eigenvalue weighted by Gasteiger charge is -2.41. The maximum atomic E-state index is 13.3. The molecule has 1 saturated carbocycles. The van der Waals surface area contributed by atoms with Crippen molar-refractivity contribution in [2.24, 2.45) is 23.7 Å². The topological polar surface area (TPSA) is 95.5 Å². The molecule has 3 N–H and O–H groups in total. The number of nitrogens with one attached hydrogen (secondary N) is 2. The molecule has 31 heavy (non-hydrogen) atoms. The number of carboxylic acid groups (broad SMARTS) is 1. The minimum absolute atomic E-state index is 0.0839. The van der Waals surface area contributed by atoms with Crippen LogP contribution >= 0.6 is 11.3 Å². The molecule has 0 aliphatic heterocycles. The Kier molecular flexibility index (Phi) is 5.96. The summed E-state index contributed by atoms with van der Waals surface area (Å²) in [4.78, 5) is 39.3. The molecular formula is C24H26N2O4S. The SMILES string of the molecule is CCc1c(C)sc(NC(=O)[C@H]2[C@@H](C(=O)O)[C@H]3C=C[C@@H]2CC3)c1C(=O)Nc1ccccc1. The third kappa shape index (κ3) is 4.02. The first-order valence-corrected chi connectivity index (χ1v) is 11.4. The van der Waals surface area contributed by atoms with Crippen LogP contribution in [0.4, 0.5) is 10.7 Å². The normalized spacial score (nSPS) is 24.1. The zero-order chi connectivity index (χ0) is 22.1. The molecule has 5 rings (SSSR count). The van der Waals surface area contributed by atoms with E-state index in [4.69, 9.17) is 0 Å². The van der Waals surface area contributed by atoms with E-state index in [1.54, 1.807) is 0 Å². The van der Waals surface area contributed by atoms with Gasteiger partial charge in [0.2, 0.25) is 5.91 Å². The van der Waals surface area contributed by atoms with E-state index >= 15 is 0 Å². The van der Waals surface area contributed by atoms with Crippen molar-refractivity contribution in [2.45, 2.75) is 33.1 Å². The van der Waals surface area contributed by atoms with Crippen molar-refractivity contribution >= 4 is 39.8 Å². The fourth-order valence-electron chi connectivity index (χ4n) is 4.93. The van der Waals surface area contributed by atoms with Gasteiger partial charge >= 0.3 is 5.97 Å². The van der Waals surface area contributed by atoms with Gasteiger partial charge < -0.3 is 15.7 Å². The van der Waals surface area contributed by atoms with Crippen LogP contribution in [-0.4, -0.2) is 22.9 Å². The van der Waals surface area contributed by atoms with Gasteiger partial charge in [0.05, 0.1) is 17.4 Å². The summed E-state index contributed by atoms with van der Waals surface area (Å²) in [5, 5.41) is 16.1. The molecule has 0 unspecified atom stereocenters. The Morgan fingerprint density at radius 3 is 2.26 bits per heavy atom. The van der Waals surface area contributed by atoms with Gasteiger partial charge in [0, 0.05) is 10.6 Å². The number of fused-ring (bicyclic) bond motifs is 2. The summed E-state index contributed by atoms with van der Waals surface area (Å²) in [6.45, 7) is 3.91. The fourth-order valence-corrected chi connectivity index (χ4v) is 6.08. The number of hydrogen-bond acceptors (Lipinski definition) is 4. The molecule has 2 amide bonds. The van der Waals surface area contributed by atoms with Crippen molar-refractivity contribution in [3.63, 3.8) is 0 Å². The van der Waals surface area contributed by atoms with Gasteiger partial charge in [0.15, 0.2) is 0 Å². The summed E-state index contributed by atoms with van der Waals surface area (Å²) in [5.41, 5.74) is 2.04. The third-order valence-corrected chi connectivity index (χ3v) is 7.46. The van der Waals surface area contributed by atoms with Crippen LogP contribution in [0.1, 0.15) is 40.6 Å².